The van der Waals surface area contributed by atoms with Gasteiger partial charge >= 0.3 is 6.01 Å². The molecule has 2 aliphatic carbocycles. The van der Waals surface area contributed by atoms with Crippen molar-refractivity contribution in [3.05, 3.63) is 77.2 Å². The molecule has 382 valence electrons. The zero-order valence-electron chi connectivity index (χ0n) is 42.0. The molecule has 2 saturated carbocycles. The largest absolute Gasteiger partial charge is 0.508 e. The minimum Gasteiger partial charge on any atom is -0.508 e. The van der Waals surface area contributed by atoms with Gasteiger partial charge in [-0.1, -0.05) is 25.1 Å². The Morgan fingerprint density at radius 1 is 0.836 bits per heavy atom. The number of phenolic OH excluding ortho intramolecular Hbond substituents is 1. The van der Waals surface area contributed by atoms with Crippen LogP contribution in [0.15, 0.2) is 54.7 Å². The third kappa shape index (κ3) is 8.74. The van der Waals surface area contributed by atoms with E-state index in [1.807, 2.05) is 24.3 Å². The Kier molecular flexibility index (Phi) is 11.8. The van der Waals surface area contributed by atoms with Crippen molar-refractivity contribution in [3.63, 3.8) is 0 Å². The lowest BCUT2D eigenvalue weighted by molar-refractivity contribution is -0.136. The lowest BCUT2D eigenvalue weighted by atomic mass is 9.66. The van der Waals surface area contributed by atoms with Crippen LogP contribution in [0, 0.1) is 16.6 Å². The molecule has 16 heteroatoms. The number of halogens is 1. The number of amides is 3. The number of rotatable bonds is 11. The maximum Gasteiger partial charge on any atom is 0.319 e. The number of hydrogen-bond acceptors (Lipinski definition) is 13. The molecule has 5 aromatic rings. The first-order valence-electron chi connectivity index (χ1n) is 27.2. The van der Waals surface area contributed by atoms with Crippen molar-refractivity contribution in [2.75, 3.05) is 75.3 Å². The quantitative estimate of drug-likeness (QED) is 0.117. The molecule has 3 atom stereocenters. The number of carbonyl (C=O) groups excluding carboxylic acids is 3. The van der Waals surface area contributed by atoms with Crippen molar-refractivity contribution in [2.24, 2.45) is 10.8 Å². The highest BCUT2D eigenvalue weighted by molar-refractivity contribution is 6.06. The van der Waals surface area contributed by atoms with Gasteiger partial charge in [-0.15, -0.1) is 0 Å². The molecule has 0 radical (unpaired) electrons. The topological polar surface area (TPSA) is 160 Å². The second-order valence-corrected chi connectivity index (χ2v) is 23.0. The smallest absolute Gasteiger partial charge is 0.319 e. The van der Waals surface area contributed by atoms with E-state index in [4.69, 9.17) is 19.7 Å². The molecule has 73 heavy (non-hydrogen) atoms. The number of nitrogens with one attached hydrogen (secondary N) is 2. The predicted molar refractivity (Wildman–Crippen MR) is 277 cm³/mol. The summed E-state index contributed by atoms with van der Waals surface area (Å²) in [6.07, 6.45) is 15.0. The first kappa shape index (κ1) is 46.8. The van der Waals surface area contributed by atoms with Gasteiger partial charge in [-0.3, -0.25) is 29.6 Å². The summed E-state index contributed by atoms with van der Waals surface area (Å²) in [4.78, 5) is 63.9. The number of hydrogen-bond donors (Lipinski definition) is 3. The van der Waals surface area contributed by atoms with Crippen LogP contribution in [0.1, 0.15) is 105 Å². The van der Waals surface area contributed by atoms with Crippen molar-refractivity contribution < 1.29 is 28.6 Å². The molecule has 7 fully saturated rings. The number of fused-ring (bicyclic) bond motifs is 5. The first-order chi connectivity index (χ1) is 35.5. The van der Waals surface area contributed by atoms with E-state index < -0.39 is 11.9 Å². The molecule has 3 N–H and O–H groups in total. The molecule has 2 aromatic heterocycles. The lowest BCUT2D eigenvalue weighted by Gasteiger charge is -2.49. The Hall–Kier alpha value is -5.97. The molecule has 1 spiro atoms. The Morgan fingerprint density at radius 3 is 2.36 bits per heavy atom. The summed E-state index contributed by atoms with van der Waals surface area (Å²) in [7, 11) is 0. The van der Waals surface area contributed by atoms with Crippen LogP contribution < -0.4 is 25.2 Å². The van der Waals surface area contributed by atoms with Crippen LogP contribution in [-0.2, 0) is 22.6 Å². The number of phenols is 1. The van der Waals surface area contributed by atoms with Gasteiger partial charge in [0.2, 0.25) is 11.8 Å². The lowest BCUT2D eigenvalue weighted by Crippen LogP contribution is -2.52. The van der Waals surface area contributed by atoms with Gasteiger partial charge in [-0.2, -0.15) is 9.97 Å². The highest BCUT2D eigenvalue weighted by atomic mass is 19.1. The van der Waals surface area contributed by atoms with Crippen molar-refractivity contribution in [3.8, 4) is 23.0 Å². The standard InChI is InChI=1S/C57H67FN10O5/c1-2-35-4-3-5-36-27-42(69)28-44(48(35)36)50-49(58)51-45(29-59-50)52(67-31-38-6-7-39(32-67)60-38)63-55(62-51)73-34-57(16-17-57)33-64-20-18-56(19-21-64)14-12-40(13-15-56)65-22-24-66(25-23-65)41-8-9-43-37(26-41)30-68(54(43)72)46-10-11-47(70)61-53(46)71/h3-5,8-9,26-29,38-40,46,60,69H,2,6-7,10-25,30-34H2,1H3,(H,61,70,71)/t38?,39?,46-/m0/s1. The third-order valence-corrected chi connectivity index (χ3v) is 18.5. The van der Waals surface area contributed by atoms with Crippen LogP contribution in [0.25, 0.3) is 32.9 Å². The average Bonchev–Trinajstić information content (AvgIpc) is 3.98. The zero-order valence-corrected chi connectivity index (χ0v) is 42.0. The minimum atomic E-state index is -0.599. The highest BCUT2D eigenvalue weighted by Crippen LogP contribution is 2.50. The van der Waals surface area contributed by atoms with Crippen molar-refractivity contribution in [1.29, 1.82) is 0 Å². The van der Waals surface area contributed by atoms with Crippen LogP contribution in [-0.4, -0.2) is 142 Å². The van der Waals surface area contributed by atoms with E-state index in [-0.39, 0.29) is 52.5 Å². The number of piperidine rings is 2. The molecule has 8 aliphatic rings. The Bertz CT molecular complexity index is 3000. The fourth-order valence-electron chi connectivity index (χ4n) is 14.0. The Balaban J connectivity index is 0.631. The van der Waals surface area contributed by atoms with Gasteiger partial charge in [0.15, 0.2) is 5.82 Å². The van der Waals surface area contributed by atoms with E-state index in [0.29, 0.717) is 65.4 Å². The number of ether oxygens (including phenoxy) is 1. The van der Waals surface area contributed by atoms with Gasteiger partial charge in [0.1, 0.15) is 28.8 Å². The highest BCUT2D eigenvalue weighted by Gasteiger charge is 2.48. The molecule has 13 rings (SSSR count). The van der Waals surface area contributed by atoms with Crippen LogP contribution in [0.2, 0.25) is 0 Å². The molecule has 3 amide bonds. The van der Waals surface area contributed by atoms with E-state index in [9.17, 15) is 19.5 Å². The van der Waals surface area contributed by atoms with Crippen LogP contribution in [0.5, 0.6) is 11.8 Å². The molecule has 3 aromatic carbocycles. The van der Waals surface area contributed by atoms with Gasteiger partial charge in [-0.05, 0) is 148 Å². The number of nitrogens with zero attached hydrogens (tertiary/aromatic N) is 8. The SMILES string of the molecule is CCc1cccc2cc(O)cc(-c3ncc4c(N5CC6CCC(C5)N6)nc(OCC5(CN6CCC7(CCC(N8CCN(c9ccc%10c(c9)CN([C@H]9CCC(=O)NC9=O)C%10=O)CC8)CC7)CC6)CC5)nc4c3F)c12. The number of benzene rings is 3. The minimum absolute atomic E-state index is 0.0310. The van der Waals surface area contributed by atoms with Gasteiger partial charge < -0.3 is 34.8 Å². The number of carbonyl (C=O) groups is 3. The molecule has 2 bridgehead atoms. The molecular formula is C57H67FN10O5. The van der Waals surface area contributed by atoms with E-state index in [0.717, 1.165) is 119 Å². The fraction of sp³-hybridized carbons (Fsp3) is 0.544. The Morgan fingerprint density at radius 2 is 1.62 bits per heavy atom. The summed E-state index contributed by atoms with van der Waals surface area (Å²) in [6.45, 7) is 11.7. The number of likely N-dealkylation sites (tertiary alicyclic amines) is 1. The Labute approximate surface area is 425 Å². The third-order valence-electron chi connectivity index (χ3n) is 18.5. The van der Waals surface area contributed by atoms with Crippen molar-refractivity contribution in [2.45, 2.75) is 121 Å². The van der Waals surface area contributed by atoms with Crippen LogP contribution in [0.4, 0.5) is 15.9 Å². The number of imide groups is 1. The fourth-order valence-corrected chi connectivity index (χ4v) is 14.0. The van der Waals surface area contributed by atoms with E-state index in [1.54, 1.807) is 23.2 Å². The first-order valence-corrected chi connectivity index (χ1v) is 27.2. The van der Waals surface area contributed by atoms with Crippen molar-refractivity contribution in [1.82, 2.24) is 40.3 Å². The van der Waals surface area contributed by atoms with Gasteiger partial charge in [-0.25, -0.2) is 4.39 Å². The zero-order chi connectivity index (χ0) is 49.6. The predicted octanol–water partition coefficient (Wildman–Crippen LogP) is 6.96. The summed E-state index contributed by atoms with van der Waals surface area (Å²) >= 11 is 0. The van der Waals surface area contributed by atoms with Gasteiger partial charge in [0, 0.05) is 105 Å². The number of anilines is 2. The summed E-state index contributed by atoms with van der Waals surface area (Å²) in [5, 5.41) is 19.2. The van der Waals surface area contributed by atoms with Gasteiger partial charge in [0.25, 0.3) is 5.91 Å². The van der Waals surface area contributed by atoms with Crippen LogP contribution >= 0.6 is 0 Å². The summed E-state index contributed by atoms with van der Waals surface area (Å²) in [5.74, 6) is -0.569. The number of aromatic hydroxyl groups is 1. The average molecular weight is 991 g/mol. The van der Waals surface area contributed by atoms with Crippen molar-refractivity contribution >= 4 is 50.9 Å². The van der Waals surface area contributed by atoms with E-state index >= 15 is 4.39 Å². The van der Waals surface area contributed by atoms with Gasteiger partial charge in [0.05, 0.1) is 12.0 Å². The molecule has 8 heterocycles. The summed E-state index contributed by atoms with van der Waals surface area (Å²) in [6, 6.07) is 16.4. The number of aromatic nitrogens is 3. The maximum absolute atomic E-state index is 17.2. The monoisotopic (exact) mass is 991 g/mol. The summed E-state index contributed by atoms with van der Waals surface area (Å²) in [5.41, 5.74) is 5.17. The van der Waals surface area contributed by atoms with E-state index in [2.05, 4.69) is 49.3 Å². The van der Waals surface area contributed by atoms with E-state index in [1.165, 1.54) is 38.5 Å². The second kappa shape index (κ2) is 18.4. The molecule has 15 nitrogen and oxygen atoms in total. The number of pyridine rings is 1. The molecule has 5 saturated heterocycles. The number of aryl methyl sites for hydroxylation is 1. The summed E-state index contributed by atoms with van der Waals surface area (Å²) < 4.78 is 23.8. The maximum atomic E-state index is 17.2. The molecular weight excluding hydrogens is 924 g/mol. The normalized spacial score (nSPS) is 25.3. The molecule has 6 aliphatic heterocycles. The number of piperazine rings is 2. The van der Waals surface area contributed by atoms with Crippen LogP contribution in [0.3, 0.4) is 0 Å². The second-order valence-electron chi connectivity index (χ2n) is 23.0. The molecule has 2 unspecified atom stereocenters.